The predicted octanol–water partition coefficient (Wildman–Crippen LogP) is 2.03. The molecule has 4 N–H and O–H groups in total. The first-order valence-corrected chi connectivity index (χ1v) is 12.9. The van der Waals surface area contributed by atoms with Crippen molar-refractivity contribution in [3.05, 3.63) is 0 Å². The first-order chi connectivity index (χ1) is 15.5. The van der Waals surface area contributed by atoms with Gasteiger partial charge in [0.2, 0.25) is 17.7 Å². The maximum absolute atomic E-state index is 13.2. The van der Waals surface area contributed by atoms with Gasteiger partial charge in [-0.05, 0) is 51.4 Å². The Kier molecular flexibility index (Phi) is 8.78. The molecule has 1 aliphatic carbocycles. The van der Waals surface area contributed by atoms with E-state index < -0.39 is 6.04 Å². The Bertz CT molecular complexity index is 693. The van der Waals surface area contributed by atoms with E-state index in [0.717, 1.165) is 38.6 Å². The number of carbonyl (C=O) groups excluding carboxylic acids is 3. The fourth-order valence-corrected chi connectivity index (χ4v) is 5.30. The summed E-state index contributed by atoms with van der Waals surface area (Å²) >= 11 is 0. The van der Waals surface area contributed by atoms with Gasteiger partial charge in [0.1, 0.15) is 6.04 Å². The standard InChI is InChI=1S/C25H45N5O3/c1-16-9-8-14-30(16)22(32)15-20(27-21(31)12-13-25(3,4)5)24(33)26-17(2)23-28-18-10-6-7-11-19(18)29-23/h16-20,23,28-29H,6-15H2,1-5H3,(H,26,33)(H,27,31)/t16-,17-,18?,19?,20-,23?/m0/s1. The molecule has 2 saturated heterocycles. The number of amides is 3. The number of fused-ring (bicyclic) bond motifs is 1. The molecule has 3 rings (SSSR count). The number of nitrogens with zero attached hydrogens (tertiary/aromatic N) is 1. The first-order valence-electron chi connectivity index (χ1n) is 12.9. The van der Waals surface area contributed by atoms with Gasteiger partial charge in [-0.2, -0.15) is 0 Å². The maximum Gasteiger partial charge on any atom is 0.243 e. The summed E-state index contributed by atoms with van der Waals surface area (Å²) < 4.78 is 0. The highest BCUT2D eigenvalue weighted by molar-refractivity contribution is 5.92. The molecular weight excluding hydrogens is 418 g/mol. The van der Waals surface area contributed by atoms with E-state index in [1.54, 1.807) is 0 Å². The molecule has 188 valence electrons. The summed E-state index contributed by atoms with van der Waals surface area (Å²) in [5, 5.41) is 13.2. The molecule has 0 aromatic heterocycles. The van der Waals surface area contributed by atoms with Crippen LogP contribution in [0.15, 0.2) is 0 Å². The van der Waals surface area contributed by atoms with E-state index in [1.165, 1.54) is 12.8 Å². The van der Waals surface area contributed by atoms with Crippen LogP contribution in [0, 0.1) is 5.41 Å². The molecule has 0 aromatic rings. The van der Waals surface area contributed by atoms with Gasteiger partial charge < -0.3 is 15.5 Å². The van der Waals surface area contributed by atoms with Crippen molar-refractivity contribution in [2.45, 2.75) is 129 Å². The third kappa shape index (κ3) is 7.41. The van der Waals surface area contributed by atoms with E-state index in [0.29, 0.717) is 18.5 Å². The fraction of sp³-hybridized carbons (Fsp3) is 0.880. The lowest BCUT2D eigenvalue weighted by Gasteiger charge is -2.28. The number of hydrogen-bond acceptors (Lipinski definition) is 5. The second-order valence-corrected chi connectivity index (χ2v) is 11.6. The smallest absolute Gasteiger partial charge is 0.243 e. The van der Waals surface area contributed by atoms with Crippen LogP contribution in [0.5, 0.6) is 0 Å². The van der Waals surface area contributed by atoms with Gasteiger partial charge in [0.25, 0.3) is 0 Å². The molecule has 5 atom stereocenters. The van der Waals surface area contributed by atoms with Crippen molar-refractivity contribution in [2.24, 2.45) is 5.41 Å². The molecule has 3 fully saturated rings. The molecule has 0 bridgehead atoms. The topological polar surface area (TPSA) is 103 Å². The molecule has 3 amide bonds. The molecule has 1 saturated carbocycles. The molecule has 8 heteroatoms. The van der Waals surface area contributed by atoms with Crippen LogP contribution in [0.1, 0.15) is 92.4 Å². The highest BCUT2D eigenvalue weighted by Gasteiger charge is 2.38. The van der Waals surface area contributed by atoms with Crippen LogP contribution in [-0.2, 0) is 14.4 Å². The lowest BCUT2D eigenvalue weighted by Crippen LogP contribution is -2.57. The summed E-state index contributed by atoms with van der Waals surface area (Å²) in [6.07, 6.45) is 7.82. The van der Waals surface area contributed by atoms with Crippen molar-refractivity contribution in [2.75, 3.05) is 6.54 Å². The van der Waals surface area contributed by atoms with Crippen LogP contribution in [0.2, 0.25) is 0 Å². The summed E-state index contributed by atoms with van der Waals surface area (Å²) in [4.78, 5) is 40.7. The number of likely N-dealkylation sites (tertiary alicyclic amines) is 1. The minimum absolute atomic E-state index is 0.000918. The number of carbonyl (C=O) groups is 3. The molecule has 0 spiro atoms. The second kappa shape index (κ2) is 11.2. The third-order valence-corrected chi connectivity index (χ3v) is 7.43. The molecule has 2 heterocycles. The lowest BCUT2D eigenvalue weighted by atomic mass is 9.90. The predicted molar refractivity (Wildman–Crippen MR) is 129 cm³/mol. The van der Waals surface area contributed by atoms with Gasteiger partial charge in [0, 0.05) is 31.1 Å². The Labute approximate surface area is 199 Å². The zero-order chi connectivity index (χ0) is 24.2. The SMILES string of the molecule is C[C@H](NC(=O)[C@H](CC(=O)N1CCC[C@@H]1C)NC(=O)CCC(C)(C)C)C1NC2CCCCC2N1. The summed E-state index contributed by atoms with van der Waals surface area (Å²) in [5.74, 6) is -0.527. The van der Waals surface area contributed by atoms with Crippen LogP contribution in [0.3, 0.4) is 0 Å². The summed E-state index contributed by atoms with van der Waals surface area (Å²) in [6.45, 7) is 11.0. The van der Waals surface area contributed by atoms with E-state index in [-0.39, 0.29) is 47.8 Å². The van der Waals surface area contributed by atoms with Crippen LogP contribution in [0.25, 0.3) is 0 Å². The fourth-order valence-electron chi connectivity index (χ4n) is 5.30. The van der Waals surface area contributed by atoms with Gasteiger partial charge in [-0.25, -0.2) is 0 Å². The zero-order valence-electron chi connectivity index (χ0n) is 21.2. The van der Waals surface area contributed by atoms with Crippen molar-refractivity contribution < 1.29 is 14.4 Å². The maximum atomic E-state index is 13.2. The van der Waals surface area contributed by atoms with Gasteiger partial charge in [0.05, 0.1) is 18.6 Å². The first kappa shape index (κ1) is 25.9. The average molecular weight is 464 g/mol. The molecule has 0 radical (unpaired) electrons. The molecule has 2 unspecified atom stereocenters. The van der Waals surface area contributed by atoms with Crippen LogP contribution >= 0.6 is 0 Å². The molecule has 0 aromatic carbocycles. The largest absolute Gasteiger partial charge is 0.349 e. The van der Waals surface area contributed by atoms with Crippen LogP contribution in [-0.4, -0.2) is 65.5 Å². The summed E-state index contributed by atoms with van der Waals surface area (Å²) in [6, 6.07) is 0.0808. The van der Waals surface area contributed by atoms with Crippen molar-refractivity contribution in [3.8, 4) is 0 Å². The van der Waals surface area contributed by atoms with E-state index in [1.807, 2.05) is 18.7 Å². The molecule has 33 heavy (non-hydrogen) atoms. The molecule has 8 nitrogen and oxygen atoms in total. The molecular formula is C25H45N5O3. The lowest BCUT2D eigenvalue weighted by molar-refractivity contribution is -0.137. The number of nitrogens with one attached hydrogen (secondary N) is 4. The zero-order valence-corrected chi connectivity index (χ0v) is 21.2. The highest BCUT2D eigenvalue weighted by Crippen LogP contribution is 2.24. The van der Waals surface area contributed by atoms with Crippen molar-refractivity contribution in [1.82, 2.24) is 26.2 Å². The van der Waals surface area contributed by atoms with E-state index in [4.69, 9.17) is 0 Å². The Morgan fingerprint density at radius 1 is 1.00 bits per heavy atom. The van der Waals surface area contributed by atoms with Crippen LogP contribution < -0.4 is 21.3 Å². The molecule has 2 aliphatic heterocycles. The van der Waals surface area contributed by atoms with Gasteiger partial charge in [0.15, 0.2) is 0 Å². The second-order valence-electron chi connectivity index (χ2n) is 11.6. The normalized spacial score (nSPS) is 29.3. The van der Waals surface area contributed by atoms with E-state index >= 15 is 0 Å². The summed E-state index contributed by atoms with van der Waals surface area (Å²) in [5.41, 5.74) is 0.0288. The monoisotopic (exact) mass is 463 g/mol. The van der Waals surface area contributed by atoms with Gasteiger partial charge in [-0.1, -0.05) is 33.6 Å². The number of hydrogen-bond donors (Lipinski definition) is 4. The quantitative estimate of drug-likeness (QED) is 0.441. The van der Waals surface area contributed by atoms with Crippen molar-refractivity contribution in [3.63, 3.8) is 0 Å². The Morgan fingerprint density at radius 3 is 2.18 bits per heavy atom. The summed E-state index contributed by atoms with van der Waals surface area (Å²) in [7, 11) is 0. The Morgan fingerprint density at radius 2 is 1.64 bits per heavy atom. The molecule has 3 aliphatic rings. The van der Waals surface area contributed by atoms with Crippen LogP contribution in [0.4, 0.5) is 0 Å². The Hall–Kier alpha value is -1.67. The van der Waals surface area contributed by atoms with Crippen molar-refractivity contribution >= 4 is 17.7 Å². The van der Waals surface area contributed by atoms with Gasteiger partial charge in [-0.15, -0.1) is 0 Å². The Balaban J connectivity index is 1.60. The average Bonchev–Trinajstić information content (AvgIpc) is 3.37. The minimum Gasteiger partial charge on any atom is -0.349 e. The highest BCUT2D eigenvalue weighted by atomic mass is 16.2. The van der Waals surface area contributed by atoms with E-state index in [2.05, 4.69) is 42.0 Å². The third-order valence-electron chi connectivity index (χ3n) is 7.43. The van der Waals surface area contributed by atoms with Crippen molar-refractivity contribution in [1.29, 1.82) is 0 Å². The van der Waals surface area contributed by atoms with E-state index in [9.17, 15) is 14.4 Å². The van der Waals surface area contributed by atoms with Gasteiger partial charge in [-0.3, -0.25) is 25.0 Å². The minimum atomic E-state index is -0.858. The van der Waals surface area contributed by atoms with Gasteiger partial charge >= 0.3 is 0 Å². The number of rotatable bonds is 8.